The van der Waals surface area contributed by atoms with Gasteiger partial charge in [-0.25, -0.2) is 4.79 Å². The number of benzene rings is 2. The Morgan fingerprint density at radius 2 is 1.66 bits per heavy atom. The van der Waals surface area contributed by atoms with Gasteiger partial charge < -0.3 is 9.67 Å². The van der Waals surface area contributed by atoms with Crippen LogP contribution in [0.3, 0.4) is 0 Å². The molecule has 0 saturated heterocycles. The summed E-state index contributed by atoms with van der Waals surface area (Å²) >= 11 is 6.44. The Kier molecular flexibility index (Phi) is 6.89. The van der Waals surface area contributed by atoms with Crippen molar-refractivity contribution in [3.63, 3.8) is 0 Å². The SMILES string of the molecule is CCc1cccc(CCc2c(Cl)ccc(=O)n2CCc2ccc(C(=O)O)cc2)c1. The summed E-state index contributed by atoms with van der Waals surface area (Å²) in [5.74, 6) is -0.947. The molecule has 1 N–H and O–H groups in total. The molecule has 0 fully saturated rings. The number of halogens is 1. The van der Waals surface area contributed by atoms with Crippen LogP contribution in [0.5, 0.6) is 0 Å². The molecule has 0 unspecified atom stereocenters. The third-order valence-corrected chi connectivity index (χ3v) is 5.46. The van der Waals surface area contributed by atoms with E-state index in [4.69, 9.17) is 16.7 Å². The number of aromatic nitrogens is 1. The zero-order valence-corrected chi connectivity index (χ0v) is 17.2. The average Bonchev–Trinajstić information content (AvgIpc) is 2.73. The highest BCUT2D eigenvalue weighted by molar-refractivity contribution is 6.31. The number of carbonyl (C=O) groups is 1. The number of nitrogens with zero attached hydrogens (tertiary/aromatic N) is 1. The van der Waals surface area contributed by atoms with Crippen LogP contribution in [0.25, 0.3) is 0 Å². The average molecular weight is 410 g/mol. The first-order chi connectivity index (χ1) is 14.0. The number of hydrogen-bond acceptors (Lipinski definition) is 2. The maximum absolute atomic E-state index is 12.5. The third-order valence-electron chi connectivity index (χ3n) is 5.11. The number of aryl methyl sites for hydroxylation is 3. The minimum Gasteiger partial charge on any atom is -0.478 e. The monoisotopic (exact) mass is 409 g/mol. The summed E-state index contributed by atoms with van der Waals surface area (Å²) in [4.78, 5) is 23.5. The molecule has 0 atom stereocenters. The summed E-state index contributed by atoms with van der Waals surface area (Å²) in [7, 11) is 0. The fourth-order valence-corrected chi connectivity index (χ4v) is 3.67. The van der Waals surface area contributed by atoms with Crippen molar-refractivity contribution in [3.8, 4) is 0 Å². The van der Waals surface area contributed by atoms with Gasteiger partial charge in [0.05, 0.1) is 10.6 Å². The molecule has 4 nitrogen and oxygen atoms in total. The van der Waals surface area contributed by atoms with E-state index in [0.29, 0.717) is 24.4 Å². The van der Waals surface area contributed by atoms with E-state index in [1.54, 1.807) is 34.9 Å². The van der Waals surface area contributed by atoms with Gasteiger partial charge >= 0.3 is 5.97 Å². The van der Waals surface area contributed by atoms with Crippen molar-refractivity contribution in [3.05, 3.63) is 104 Å². The minimum atomic E-state index is -0.947. The van der Waals surface area contributed by atoms with Gasteiger partial charge in [-0.05, 0) is 60.6 Å². The maximum Gasteiger partial charge on any atom is 0.335 e. The second kappa shape index (κ2) is 9.57. The van der Waals surface area contributed by atoms with Gasteiger partial charge in [0.1, 0.15) is 0 Å². The van der Waals surface area contributed by atoms with Crippen LogP contribution < -0.4 is 5.56 Å². The maximum atomic E-state index is 12.5. The Morgan fingerprint density at radius 3 is 2.34 bits per heavy atom. The van der Waals surface area contributed by atoms with Crippen LogP contribution in [0.15, 0.2) is 65.5 Å². The predicted molar refractivity (Wildman–Crippen MR) is 116 cm³/mol. The fraction of sp³-hybridized carbons (Fsp3) is 0.250. The first kappa shape index (κ1) is 20.9. The van der Waals surface area contributed by atoms with E-state index in [2.05, 4.69) is 31.2 Å². The summed E-state index contributed by atoms with van der Waals surface area (Å²) in [6.07, 6.45) is 3.11. The van der Waals surface area contributed by atoms with E-state index in [-0.39, 0.29) is 11.1 Å². The molecule has 3 aromatic rings. The molecule has 0 aliphatic heterocycles. The van der Waals surface area contributed by atoms with E-state index in [1.807, 2.05) is 0 Å². The molecule has 0 bridgehead atoms. The summed E-state index contributed by atoms with van der Waals surface area (Å²) in [5.41, 5.74) is 4.51. The Labute approximate surface area is 175 Å². The van der Waals surface area contributed by atoms with Crippen molar-refractivity contribution in [2.75, 3.05) is 0 Å². The van der Waals surface area contributed by atoms with Crippen molar-refractivity contribution in [2.24, 2.45) is 0 Å². The number of rotatable bonds is 8. The lowest BCUT2D eigenvalue weighted by Crippen LogP contribution is -2.24. The van der Waals surface area contributed by atoms with Gasteiger partial charge in [-0.3, -0.25) is 4.79 Å². The molecule has 0 aliphatic rings. The minimum absolute atomic E-state index is 0.0751. The largest absolute Gasteiger partial charge is 0.478 e. The van der Waals surface area contributed by atoms with Crippen molar-refractivity contribution in [1.29, 1.82) is 0 Å². The molecule has 2 aromatic carbocycles. The second-order valence-electron chi connectivity index (χ2n) is 7.04. The molecular weight excluding hydrogens is 386 g/mol. The van der Waals surface area contributed by atoms with Crippen molar-refractivity contribution >= 4 is 17.6 Å². The summed E-state index contributed by atoms with van der Waals surface area (Å²) < 4.78 is 1.73. The molecule has 0 radical (unpaired) electrons. The summed E-state index contributed by atoms with van der Waals surface area (Å²) in [5, 5.41) is 9.61. The normalized spacial score (nSPS) is 10.8. The lowest BCUT2D eigenvalue weighted by atomic mass is 10.0. The standard InChI is InChI=1S/C24H24ClNO3/c1-2-17-4-3-5-19(16-17)8-12-22-21(25)11-13-23(27)26(22)15-14-18-6-9-20(10-7-18)24(28)29/h3-7,9-11,13,16H,2,8,12,14-15H2,1H3,(H,28,29). The van der Waals surface area contributed by atoms with Crippen LogP contribution in [-0.4, -0.2) is 15.6 Å². The van der Waals surface area contributed by atoms with Crippen LogP contribution in [0, 0.1) is 0 Å². The van der Waals surface area contributed by atoms with E-state index in [1.165, 1.54) is 17.2 Å². The third kappa shape index (κ3) is 5.36. The lowest BCUT2D eigenvalue weighted by Gasteiger charge is -2.15. The smallest absolute Gasteiger partial charge is 0.335 e. The summed E-state index contributed by atoms with van der Waals surface area (Å²) in [6, 6.07) is 18.4. The van der Waals surface area contributed by atoms with Crippen LogP contribution in [0.2, 0.25) is 5.02 Å². The first-order valence-electron chi connectivity index (χ1n) is 9.76. The van der Waals surface area contributed by atoms with Gasteiger partial charge in [0.15, 0.2) is 0 Å². The van der Waals surface area contributed by atoms with Crippen molar-refractivity contribution in [1.82, 2.24) is 4.57 Å². The van der Waals surface area contributed by atoms with E-state index in [9.17, 15) is 9.59 Å². The molecule has 1 heterocycles. The van der Waals surface area contributed by atoms with Crippen LogP contribution >= 0.6 is 11.6 Å². The van der Waals surface area contributed by atoms with E-state index < -0.39 is 5.97 Å². The number of pyridine rings is 1. The second-order valence-corrected chi connectivity index (χ2v) is 7.45. The molecule has 29 heavy (non-hydrogen) atoms. The highest BCUT2D eigenvalue weighted by atomic mass is 35.5. The van der Waals surface area contributed by atoms with Gasteiger partial charge in [-0.1, -0.05) is 54.9 Å². The zero-order valence-electron chi connectivity index (χ0n) is 16.4. The molecule has 0 amide bonds. The Hall–Kier alpha value is -2.85. The van der Waals surface area contributed by atoms with E-state index in [0.717, 1.165) is 24.1 Å². The molecule has 3 rings (SSSR count). The fourth-order valence-electron chi connectivity index (χ4n) is 3.41. The Morgan fingerprint density at radius 1 is 0.931 bits per heavy atom. The highest BCUT2D eigenvalue weighted by Gasteiger charge is 2.10. The van der Waals surface area contributed by atoms with Gasteiger partial charge in [-0.15, -0.1) is 0 Å². The number of carboxylic acid groups (broad SMARTS) is 1. The lowest BCUT2D eigenvalue weighted by molar-refractivity contribution is 0.0697. The Balaban J connectivity index is 1.77. The van der Waals surface area contributed by atoms with Gasteiger partial charge in [0.25, 0.3) is 5.56 Å². The quantitative estimate of drug-likeness (QED) is 0.581. The zero-order chi connectivity index (χ0) is 20.8. The number of aromatic carboxylic acids is 1. The molecule has 0 aliphatic carbocycles. The van der Waals surface area contributed by atoms with E-state index >= 15 is 0 Å². The van der Waals surface area contributed by atoms with Crippen LogP contribution in [-0.2, 0) is 32.2 Å². The van der Waals surface area contributed by atoms with Gasteiger partial charge in [0.2, 0.25) is 0 Å². The number of hydrogen-bond donors (Lipinski definition) is 1. The van der Waals surface area contributed by atoms with Crippen molar-refractivity contribution in [2.45, 2.75) is 39.2 Å². The molecule has 1 aromatic heterocycles. The van der Waals surface area contributed by atoms with Crippen LogP contribution in [0.1, 0.15) is 39.7 Å². The summed E-state index contributed by atoms with van der Waals surface area (Å²) in [6.45, 7) is 2.63. The molecule has 0 saturated carbocycles. The topological polar surface area (TPSA) is 59.3 Å². The molecule has 0 spiro atoms. The predicted octanol–water partition coefficient (Wildman–Crippen LogP) is 4.79. The molecule has 5 heteroatoms. The van der Waals surface area contributed by atoms with Crippen molar-refractivity contribution < 1.29 is 9.90 Å². The Bertz CT molecular complexity index is 1050. The number of carboxylic acids is 1. The van der Waals surface area contributed by atoms with Crippen LogP contribution in [0.4, 0.5) is 0 Å². The van der Waals surface area contributed by atoms with Gasteiger partial charge in [-0.2, -0.15) is 0 Å². The first-order valence-corrected chi connectivity index (χ1v) is 10.1. The highest BCUT2D eigenvalue weighted by Crippen LogP contribution is 2.18. The van der Waals surface area contributed by atoms with Gasteiger partial charge in [0, 0.05) is 18.3 Å². The molecular formula is C24H24ClNO3. The molecule has 150 valence electrons.